The summed E-state index contributed by atoms with van der Waals surface area (Å²) in [6.45, 7) is 6.29. The Morgan fingerprint density at radius 1 is 1.50 bits per heavy atom. The molecule has 3 N–H and O–H groups in total. The van der Waals surface area contributed by atoms with E-state index >= 15 is 0 Å². The van der Waals surface area contributed by atoms with Gasteiger partial charge in [0.25, 0.3) is 0 Å². The number of likely N-dealkylation sites (tertiary alicyclic amines) is 1. The number of oxime groups is 1. The number of hydrogen-bond donors (Lipinski definition) is 2. The first-order chi connectivity index (χ1) is 10.1. The summed E-state index contributed by atoms with van der Waals surface area (Å²) in [5.41, 5.74) is 6.91. The lowest BCUT2D eigenvalue weighted by atomic mass is 9.83. The minimum absolute atomic E-state index is 0.353. The average molecular weight is 370 g/mol. The van der Waals surface area contributed by atoms with E-state index in [2.05, 4.69) is 21.1 Å². The Morgan fingerprint density at radius 3 is 2.64 bits per heavy atom. The third-order valence-electron chi connectivity index (χ3n) is 3.33. The van der Waals surface area contributed by atoms with Gasteiger partial charge in [0.1, 0.15) is 5.60 Å². The molecule has 0 unspecified atom stereocenters. The van der Waals surface area contributed by atoms with E-state index in [1.165, 1.54) is 6.21 Å². The van der Waals surface area contributed by atoms with Crippen LogP contribution in [-0.2, 0) is 10.3 Å². The maximum absolute atomic E-state index is 12.0. The lowest BCUT2D eigenvalue weighted by Crippen LogP contribution is -2.66. The number of benzene rings is 1. The predicted molar refractivity (Wildman–Crippen MR) is 87.2 cm³/mol. The molecule has 0 saturated carbocycles. The molecule has 1 amide bonds. The molecule has 22 heavy (non-hydrogen) atoms. The standard InChI is InChI=1S/C15H20BrN3O3/c1-14(2,3)22-13(20)19-8-15(17,9-19)11-5-4-10(7-18-21)6-12(11)16/h4-7,21H,8-9,17H2,1-3H3/b18-7+. The molecular formula is C15H20BrN3O3. The van der Waals surface area contributed by atoms with Gasteiger partial charge in [-0.2, -0.15) is 0 Å². The summed E-state index contributed by atoms with van der Waals surface area (Å²) >= 11 is 3.48. The minimum atomic E-state index is -0.607. The molecule has 0 aliphatic carbocycles. The third kappa shape index (κ3) is 3.59. The van der Waals surface area contributed by atoms with Crippen molar-refractivity contribution in [3.63, 3.8) is 0 Å². The van der Waals surface area contributed by atoms with E-state index in [0.29, 0.717) is 13.1 Å². The monoisotopic (exact) mass is 369 g/mol. The van der Waals surface area contributed by atoms with Crippen LogP contribution in [0.2, 0.25) is 0 Å². The smallest absolute Gasteiger partial charge is 0.410 e. The Morgan fingerprint density at radius 2 is 2.14 bits per heavy atom. The van der Waals surface area contributed by atoms with Crippen LogP contribution in [-0.4, -0.2) is 41.1 Å². The molecule has 0 spiro atoms. The van der Waals surface area contributed by atoms with Crippen molar-refractivity contribution in [2.75, 3.05) is 13.1 Å². The number of halogens is 1. The van der Waals surface area contributed by atoms with Crippen molar-refractivity contribution in [3.05, 3.63) is 33.8 Å². The van der Waals surface area contributed by atoms with Gasteiger partial charge in [0.15, 0.2) is 0 Å². The van der Waals surface area contributed by atoms with E-state index in [4.69, 9.17) is 15.7 Å². The quantitative estimate of drug-likeness (QED) is 0.476. The maximum atomic E-state index is 12.0. The largest absolute Gasteiger partial charge is 0.444 e. The summed E-state index contributed by atoms with van der Waals surface area (Å²) in [7, 11) is 0. The molecule has 1 aromatic carbocycles. The van der Waals surface area contributed by atoms with Crippen molar-refractivity contribution in [1.82, 2.24) is 4.90 Å². The normalized spacial score (nSPS) is 17.4. The zero-order valence-electron chi connectivity index (χ0n) is 12.8. The van der Waals surface area contributed by atoms with Gasteiger partial charge in [-0.3, -0.25) is 0 Å². The number of nitrogens with two attached hydrogens (primary N) is 1. The van der Waals surface area contributed by atoms with Crippen LogP contribution in [0.5, 0.6) is 0 Å². The average Bonchev–Trinajstić information content (AvgIpc) is 2.33. The highest BCUT2D eigenvalue weighted by molar-refractivity contribution is 9.10. The first-order valence-corrected chi connectivity index (χ1v) is 7.68. The second kappa shape index (κ2) is 5.89. The summed E-state index contributed by atoms with van der Waals surface area (Å²) in [5.74, 6) is 0. The number of rotatable bonds is 2. The molecule has 120 valence electrons. The van der Waals surface area contributed by atoms with Crippen molar-refractivity contribution >= 4 is 28.2 Å². The van der Waals surface area contributed by atoms with Gasteiger partial charge in [0, 0.05) is 17.6 Å². The molecule has 6 nitrogen and oxygen atoms in total. The van der Waals surface area contributed by atoms with Crippen LogP contribution in [0.1, 0.15) is 31.9 Å². The lowest BCUT2D eigenvalue weighted by Gasteiger charge is -2.48. The Balaban J connectivity index is 2.08. The summed E-state index contributed by atoms with van der Waals surface area (Å²) in [4.78, 5) is 13.6. The SMILES string of the molecule is CC(C)(C)OC(=O)N1CC(N)(c2ccc(/C=N/O)cc2Br)C1. The highest BCUT2D eigenvalue weighted by atomic mass is 79.9. The molecular weight excluding hydrogens is 350 g/mol. The molecule has 1 aliphatic rings. The second-order valence-electron chi connectivity index (χ2n) is 6.48. The third-order valence-corrected chi connectivity index (χ3v) is 3.99. The molecule has 1 fully saturated rings. The van der Waals surface area contributed by atoms with Crippen LogP contribution >= 0.6 is 15.9 Å². The van der Waals surface area contributed by atoms with Crippen LogP contribution in [0.15, 0.2) is 27.8 Å². The first-order valence-electron chi connectivity index (χ1n) is 6.89. The van der Waals surface area contributed by atoms with Crippen LogP contribution in [0.4, 0.5) is 4.79 Å². The lowest BCUT2D eigenvalue weighted by molar-refractivity contribution is -0.00901. The fourth-order valence-corrected chi connectivity index (χ4v) is 3.13. The van der Waals surface area contributed by atoms with E-state index in [9.17, 15) is 4.79 Å². The van der Waals surface area contributed by atoms with Crippen LogP contribution in [0.25, 0.3) is 0 Å². The predicted octanol–water partition coefficient (Wildman–Crippen LogP) is 2.66. The van der Waals surface area contributed by atoms with Crippen molar-refractivity contribution in [3.8, 4) is 0 Å². The van der Waals surface area contributed by atoms with Gasteiger partial charge >= 0.3 is 6.09 Å². The van der Waals surface area contributed by atoms with Gasteiger partial charge in [0.05, 0.1) is 11.8 Å². The van der Waals surface area contributed by atoms with Crippen molar-refractivity contribution < 1.29 is 14.7 Å². The number of carbonyl (C=O) groups is 1. The van der Waals surface area contributed by atoms with Crippen molar-refractivity contribution in [1.29, 1.82) is 0 Å². The fraction of sp³-hybridized carbons (Fsp3) is 0.467. The van der Waals surface area contributed by atoms with Gasteiger partial charge in [-0.15, -0.1) is 0 Å². The summed E-state index contributed by atoms with van der Waals surface area (Å²) < 4.78 is 6.14. The Labute approximate surface area is 138 Å². The molecule has 1 aromatic rings. The van der Waals surface area contributed by atoms with E-state index in [-0.39, 0.29) is 6.09 Å². The molecule has 0 bridgehead atoms. The minimum Gasteiger partial charge on any atom is -0.444 e. The van der Waals surface area contributed by atoms with Gasteiger partial charge in [0.2, 0.25) is 0 Å². The highest BCUT2D eigenvalue weighted by Crippen LogP contribution is 2.35. The van der Waals surface area contributed by atoms with Crippen LogP contribution in [0.3, 0.4) is 0 Å². The summed E-state index contributed by atoms with van der Waals surface area (Å²) in [6, 6.07) is 5.50. The van der Waals surface area contributed by atoms with E-state index in [0.717, 1.165) is 15.6 Å². The molecule has 1 heterocycles. The molecule has 2 rings (SSSR count). The molecule has 1 aliphatic heterocycles. The van der Waals surface area contributed by atoms with Gasteiger partial charge in [-0.25, -0.2) is 4.79 Å². The number of ether oxygens (including phenoxy) is 1. The fourth-order valence-electron chi connectivity index (χ4n) is 2.34. The van der Waals surface area contributed by atoms with Gasteiger partial charge in [-0.05, 0) is 38.0 Å². The van der Waals surface area contributed by atoms with Gasteiger partial charge < -0.3 is 20.6 Å². The van der Waals surface area contributed by atoms with Crippen molar-refractivity contribution in [2.24, 2.45) is 10.9 Å². The molecule has 0 aromatic heterocycles. The number of amides is 1. The maximum Gasteiger partial charge on any atom is 0.410 e. The molecule has 1 saturated heterocycles. The highest BCUT2D eigenvalue weighted by Gasteiger charge is 2.45. The Bertz CT molecular complexity index is 605. The number of carbonyl (C=O) groups excluding carboxylic acids is 1. The van der Waals surface area contributed by atoms with E-state index in [1.54, 1.807) is 4.90 Å². The van der Waals surface area contributed by atoms with Gasteiger partial charge in [-0.1, -0.05) is 33.2 Å². The molecule has 7 heteroatoms. The summed E-state index contributed by atoms with van der Waals surface area (Å²) in [6.07, 6.45) is 0.986. The number of nitrogens with zero attached hydrogens (tertiary/aromatic N) is 2. The van der Waals surface area contributed by atoms with E-state index < -0.39 is 11.1 Å². The zero-order valence-corrected chi connectivity index (χ0v) is 14.4. The first kappa shape index (κ1) is 16.8. The summed E-state index contributed by atoms with van der Waals surface area (Å²) in [5, 5.41) is 11.6. The number of hydrogen-bond acceptors (Lipinski definition) is 5. The topological polar surface area (TPSA) is 88.2 Å². The van der Waals surface area contributed by atoms with Crippen LogP contribution < -0.4 is 5.73 Å². The van der Waals surface area contributed by atoms with Crippen LogP contribution in [0, 0.1) is 0 Å². The van der Waals surface area contributed by atoms with E-state index in [1.807, 2.05) is 39.0 Å². The molecule has 0 radical (unpaired) electrons. The van der Waals surface area contributed by atoms with Crippen molar-refractivity contribution in [2.45, 2.75) is 31.9 Å². The Hall–Kier alpha value is -1.60. The second-order valence-corrected chi connectivity index (χ2v) is 7.33. The Kier molecular flexibility index (Phi) is 4.49. The zero-order chi connectivity index (χ0) is 16.5. The molecule has 0 atom stereocenters.